The lowest BCUT2D eigenvalue weighted by molar-refractivity contribution is 1.09. The largest absolute Gasteiger partial charge is 0.363 e. The van der Waals surface area contributed by atoms with Gasteiger partial charge in [0.2, 0.25) is 5.13 Å². The maximum atomic E-state index is 4.61. The predicted molar refractivity (Wildman–Crippen MR) is 81.7 cm³/mol. The standard InChI is InChI=1S/C11H16N4S3/c1-6(2)16-5-8-13-7(3)9(17-8)10-14-15-11(12-4)18-10/h6H,5H2,1-4H3,(H,12,15). The number of thioether (sulfide) groups is 1. The topological polar surface area (TPSA) is 50.7 Å². The van der Waals surface area contributed by atoms with Crippen LogP contribution in [0.25, 0.3) is 9.88 Å². The first-order valence-electron chi connectivity index (χ1n) is 5.69. The maximum Gasteiger partial charge on any atom is 0.205 e. The van der Waals surface area contributed by atoms with Crippen LogP contribution in [0.4, 0.5) is 5.13 Å². The van der Waals surface area contributed by atoms with E-state index < -0.39 is 0 Å². The van der Waals surface area contributed by atoms with Gasteiger partial charge in [-0.05, 0) is 12.2 Å². The van der Waals surface area contributed by atoms with E-state index in [0.717, 1.165) is 26.5 Å². The molecule has 0 aromatic carbocycles. The van der Waals surface area contributed by atoms with Crippen molar-refractivity contribution in [2.24, 2.45) is 0 Å². The SMILES string of the molecule is CNc1nnc(-c2sc(CSC(C)C)nc2C)s1. The first kappa shape index (κ1) is 13.8. The number of hydrogen-bond donors (Lipinski definition) is 1. The Morgan fingerprint density at radius 3 is 2.67 bits per heavy atom. The maximum absolute atomic E-state index is 4.61. The fraction of sp³-hybridized carbons (Fsp3) is 0.545. The van der Waals surface area contributed by atoms with Crippen LogP contribution in [0.1, 0.15) is 24.5 Å². The van der Waals surface area contributed by atoms with Crippen LogP contribution < -0.4 is 5.32 Å². The lowest BCUT2D eigenvalue weighted by Gasteiger charge is -2.00. The molecule has 18 heavy (non-hydrogen) atoms. The average Bonchev–Trinajstić information content (AvgIpc) is 2.92. The monoisotopic (exact) mass is 300 g/mol. The fourth-order valence-corrected chi connectivity index (χ4v) is 4.03. The van der Waals surface area contributed by atoms with E-state index in [1.807, 2.05) is 25.7 Å². The van der Waals surface area contributed by atoms with Crippen LogP contribution in [-0.4, -0.2) is 27.5 Å². The van der Waals surface area contributed by atoms with Gasteiger partial charge in [0, 0.05) is 12.8 Å². The van der Waals surface area contributed by atoms with Gasteiger partial charge >= 0.3 is 0 Å². The molecule has 0 aliphatic heterocycles. The second kappa shape index (κ2) is 5.99. The second-order valence-corrected chi connectivity index (χ2v) is 7.67. The zero-order chi connectivity index (χ0) is 13.1. The van der Waals surface area contributed by atoms with Gasteiger partial charge in [0.1, 0.15) is 5.01 Å². The molecule has 0 aliphatic carbocycles. The van der Waals surface area contributed by atoms with Crippen molar-refractivity contribution < 1.29 is 0 Å². The number of hydrogen-bond acceptors (Lipinski definition) is 7. The van der Waals surface area contributed by atoms with Gasteiger partial charge in [-0.15, -0.1) is 21.5 Å². The molecule has 2 heterocycles. The summed E-state index contributed by atoms with van der Waals surface area (Å²) in [7, 11) is 1.86. The molecule has 0 radical (unpaired) electrons. The molecule has 0 saturated heterocycles. The van der Waals surface area contributed by atoms with E-state index in [-0.39, 0.29) is 0 Å². The molecule has 0 amide bonds. The molecule has 0 bridgehead atoms. The number of aromatic nitrogens is 3. The Morgan fingerprint density at radius 1 is 1.28 bits per heavy atom. The van der Waals surface area contributed by atoms with Gasteiger partial charge in [-0.1, -0.05) is 25.2 Å². The highest BCUT2D eigenvalue weighted by atomic mass is 32.2. The number of rotatable bonds is 5. The highest BCUT2D eigenvalue weighted by Crippen LogP contribution is 2.34. The normalized spacial score (nSPS) is 11.2. The Bertz CT molecular complexity index is 518. The lowest BCUT2D eigenvalue weighted by atomic mass is 10.4. The van der Waals surface area contributed by atoms with Crippen molar-refractivity contribution in [3.8, 4) is 9.88 Å². The van der Waals surface area contributed by atoms with E-state index in [1.165, 1.54) is 5.01 Å². The molecule has 0 fully saturated rings. The molecule has 0 spiro atoms. The Morgan fingerprint density at radius 2 is 2.06 bits per heavy atom. The van der Waals surface area contributed by atoms with Gasteiger partial charge in [0.25, 0.3) is 0 Å². The average molecular weight is 300 g/mol. The van der Waals surface area contributed by atoms with Crippen molar-refractivity contribution in [3.63, 3.8) is 0 Å². The van der Waals surface area contributed by atoms with Crippen LogP contribution >= 0.6 is 34.4 Å². The molecule has 2 rings (SSSR count). The van der Waals surface area contributed by atoms with Crippen LogP contribution in [0.15, 0.2) is 0 Å². The first-order valence-corrected chi connectivity index (χ1v) is 8.38. The fourth-order valence-electron chi connectivity index (χ4n) is 1.37. The number of anilines is 1. The summed E-state index contributed by atoms with van der Waals surface area (Å²) in [5.74, 6) is 0.973. The minimum atomic E-state index is 0.634. The zero-order valence-corrected chi connectivity index (χ0v) is 13.3. The summed E-state index contributed by atoms with van der Waals surface area (Å²) in [6.45, 7) is 6.45. The Hall–Kier alpha value is -0.660. The number of nitrogens with zero attached hydrogens (tertiary/aromatic N) is 3. The molecule has 4 nitrogen and oxygen atoms in total. The molecule has 2 aromatic heterocycles. The van der Waals surface area contributed by atoms with Crippen LogP contribution in [-0.2, 0) is 5.75 Å². The van der Waals surface area contributed by atoms with Gasteiger partial charge in [0.05, 0.1) is 10.6 Å². The number of nitrogens with one attached hydrogen (secondary N) is 1. The third kappa shape index (κ3) is 3.21. The first-order chi connectivity index (χ1) is 8.60. The third-order valence-electron chi connectivity index (χ3n) is 2.21. The van der Waals surface area contributed by atoms with Crippen molar-refractivity contribution in [1.82, 2.24) is 15.2 Å². The van der Waals surface area contributed by atoms with Crippen molar-refractivity contribution >= 4 is 39.6 Å². The molecular formula is C11H16N4S3. The molecule has 0 unspecified atom stereocenters. The smallest absolute Gasteiger partial charge is 0.205 e. The van der Waals surface area contributed by atoms with Gasteiger partial charge in [-0.25, -0.2) is 4.98 Å². The summed E-state index contributed by atoms with van der Waals surface area (Å²) in [5, 5.41) is 14.9. The van der Waals surface area contributed by atoms with E-state index in [1.54, 1.807) is 22.7 Å². The van der Waals surface area contributed by atoms with E-state index in [0.29, 0.717) is 5.25 Å². The molecule has 7 heteroatoms. The van der Waals surface area contributed by atoms with Gasteiger partial charge < -0.3 is 5.32 Å². The van der Waals surface area contributed by atoms with Crippen LogP contribution in [0, 0.1) is 6.92 Å². The summed E-state index contributed by atoms with van der Waals surface area (Å²) in [5.41, 5.74) is 1.05. The van der Waals surface area contributed by atoms with E-state index in [4.69, 9.17) is 0 Å². The minimum absolute atomic E-state index is 0.634. The predicted octanol–water partition coefficient (Wildman–Crippen LogP) is 3.65. The quantitative estimate of drug-likeness (QED) is 0.913. The number of aryl methyl sites for hydroxylation is 1. The second-order valence-electron chi connectivity index (χ2n) is 4.04. The van der Waals surface area contributed by atoms with E-state index in [2.05, 4.69) is 34.3 Å². The van der Waals surface area contributed by atoms with Gasteiger partial charge in [-0.2, -0.15) is 11.8 Å². The molecular weight excluding hydrogens is 284 g/mol. The molecule has 2 aromatic rings. The summed E-state index contributed by atoms with van der Waals surface area (Å²) >= 11 is 5.21. The summed E-state index contributed by atoms with van der Waals surface area (Å²) < 4.78 is 0. The Labute approximate surface area is 119 Å². The van der Waals surface area contributed by atoms with E-state index in [9.17, 15) is 0 Å². The summed E-state index contributed by atoms with van der Waals surface area (Å²) in [6, 6.07) is 0. The van der Waals surface area contributed by atoms with Crippen LogP contribution in [0.3, 0.4) is 0 Å². The molecule has 1 N–H and O–H groups in total. The Balaban J connectivity index is 2.18. The van der Waals surface area contributed by atoms with Crippen molar-refractivity contribution in [2.75, 3.05) is 12.4 Å². The van der Waals surface area contributed by atoms with Crippen LogP contribution in [0.2, 0.25) is 0 Å². The van der Waals surface area contributed by atoms with Gasteiger partial charge in [0.15, 0.2) is 5.01 Å². The molecule has 98 valence electrons. The zero-order valence-electron chi connectivity index (χ0n) is 10.9. The third-order valence-corrected chi connectivity index (χ3v) is 5.76. The van der Waals surface area contributed by atoms with Crippen molar-refractivity contribution in [1.29, 1.82) is 0 Å². The summed E-state index contributed by atoms with van der Waals surface area (Å²) in [4.78, 5) is 5.76. The molecule has 0 saturated carbocycles. The van der Waals surface area contributed by atoms with Gasteiger partial charge in [-0.3, -0.25) is 0 Å². The number of thiazole rings is 1. The van der Waals surface area contributed by atoms with Crippen molar-refractivity contribution in [2.45, 2.75) is 31.8 Å². The highest BCUT2D eigenvalue weighted by molar-refractivity contribution is 7.99. The minimum Gasteiger partial charge on any atom is -0.363 e. The summed E-state index contributed by atoms with van der Waals surface area (Å²) in [6.07, 6.45) is 0. The lowest BCUT2D eigenvalue weighted by Crippen LogP contribution is -1.88. The highest BCUT2D eigenvalue weighted by Gasteiger charge is 2.14. The Kier molecular flexibility index (Phi) is 4.58. The molecule has 0 atom stereocenters. The van der Waals surface area contributed by atoms with Crippen LogP contribution in [0.5, 0.6) is 0 Å². The van der Waals surface area contributed by atoms with E-state index >= 15 is 0 Å². The van der Waals surface area contributed by atoms with Crippen molar-refractivity contribution in [3.05, 3.63) is 10.7 Å². The molecule has 0 aliphatic rings.